The van der Waals surface area contributed by atoms with E-state index in [1.807, 2.05) is 0 Å². The van der Waals surface area contributed by atoms with Crippen LogP contribution >= 0.6 is 0 Å². The van der Waals surface area contributed by atoms with E-state index in [0.29, 0.717) is 11.3 Å². The smallest absolute Gasteiger partial charge is 0.252 e. The zero-order valence-corrected chi connectivity index (χ0v) is 31.1. The average molecular weight is 683 g/mol. The third-order valence-corrected chi connectivity index (χ3v) is 15.8. The van der Waals surface area contributed by atoms with E-state index < -0.39 is 0 Å². The Bertz CT molecular complexity index is 2640. The second-order valence-corrected chi connectivity index (χ2v) is 18.1. The maximum absolute atomic E-state index is 2.76. The Kier molecular flexibility index (Phi) is 5.31. The Balaban J connectivity index is 1.22. The molecule has 7 aliphatic rings. The summed E-state index contributed by atoms with van der Waals surface area (Å²) in [6.07, 6.45) is 5.74. The van der Waals surface area contributed by atoms with Crippen LogP contribution in [0.15, 0.2) is 115 Å². The highest BCUT2D eigenvalue weighted by molar-refractivity contribution is 7.00. The minimum absolute atomic E-state index is 0.0814. The van der Waals surface area contributed by atoms with Gasteiger partial charge in [0, 0.05) is 39.4 Å². The van der Waals surface area contributed by atoms with Crippen molar-refractivity contribution in [3.63, 3.8) is 0 Å². The number of aryl methyl sites for hydroxylation is 4. The monoisotopic (exact) mass is 682 g/mol. The molecule has 53 heavy (non-hydrogen) atoms. The van der Waals surface area contributed by atoms with Gasteiger partial charge in [0.15, 0.2) is 0 Å². The fraction of sp³-hybridized carbons (Fsp3) is 0.280. The molecule has 2 heterocycles. The molecule has 0 N–H and O–H groups in total. The number of anilines is 6. The minimum Gasteiger partial charge on any atom is -0.311 e. The van der Waals surface area contributed by atoms with Gasteiger partial charge in [0.2, 0.25) is 0 Å². The fourth-order valence-electron chi connectivity index (χ4n) is 14.1. The summed E-state index contributed by atoms with van der Waals surface area (Å²) in [5.41, 5.74) is 24.4. The maximum Gasteiger partial charge on any atom is 0.252 e. The van der Waals surface area contributed by atoms with Crippen LogP contribution in [0.2, 0.25) is 0 Å². The molecule has 0 amide bonds. The molecule has 0 saturated heterocycles. The lowest BCUT2D eigenvalue weighted by Gasteiger charge is -2.70. The van der Waals surface area contributed by atoms with E-state index in [9.17, 15) is 0 Å². The van der Waals surface area contributed by atoms with Crippen molar-refractivity contribution in [2.45, 2.75) is 58.8 Å². The quantitative estimate of drug-likeness (QED) is 0.168. The number of benzene rings is 6. The highest BCUT2D eigenvalue weighted by atomic mass is 15.2. The SMILES string of the molecule is Cc1cccc(N2c3ccc(C)cc3B3c4cc(C)ccc4N(c4cccc(C)c4)c4c3c2cc2c4-c3ccccc3C23C2CC4CC5CC3C45C2)c1. The lowest BCUT2D eigenvalue weighted by molar-refractivity contribution is -0.193. The Morgan fingerprint density at radius 2 is 1.17 bits per heavy atom. The van der Waals surface area contributed by atoms with Crippen molar-refractivity contribution >= 4 is 57.2 Å². The van der Waals surface area contributed by atoms with Gasteiger partial charge in [0.05, 0.1) is 5.69 Å². The number of rotatable bonds is 2. The Hall–Kier alpha value is -5.02. The fourth-order valence-corrected chi connectivity index (χ4v) is 14.1. The molecule has 0 aromatic heterocycles. The normalized spacial score (nSPS) is 28.1. The highest BCUT2D eigenvalue weighted by Crippen LogP contribution is 2.88. The molecule has 3 heteroatoms. The molecule has 2 bridgehead atoms. The van der Waals surface area contributed by atoms with Crippen molar-refractivity contribution in [2.75, 3.05) is 9.80 Å². The molecule has 2 spiro atoms. The second-order valence-electron chi connectivity index (χ2n) is 18.1. The molecule has 6 unspecified atom stereocenters. The van der Waals surface area contributed by atoms with E-state index in [4.69, 9.17) is 0 Å². The van der Waals surface area contributed by atoms with Crippen LogP contribution in [0.3, 0.4) is 0 Å². The molecule has 4 fully saturated rings. The highest BCUT2D eigenvalue weighted by Gasteiger charge is 2.82. The minimum atomic E-state index is 0.0814. The van der Waals surface area contributed by atoms with Crippen LogP contribution in [0.4, 0.5) is 34.1 Å². The molecule has 256 valence electrons. The topological polar surface area (TPSA) is 6.48 Å². The summed E-state index contributed by atoms with van der Waals surface area (Å²) in [6.45, 7) is 9.15. The first-order valence-corrected chi connectivity index (χ1v) is 20.1. The van der Waals surface area contributed by atoms with Crippen molar-refractivity contribution in [2.24, 2.45) is 29.1 Å². The van der Waals surface area contributed by atoms with E-state index >= 15 is 0 Å². The number of fused-ring (bicyclic) bond motifs is 13. The van der Waals surface area contributed by atoms with Gasteiger partial charge in [-0.15, -0.1) is 0 Å². The molecule has 6 aromatic carbocycles. The summed E-state index contributed by atoms with van der Waals surface area (Å²) in [7, 11) is 0. The second kappa shape index (κ2) is 9.55. The van der Waals surface area contributed by atoms with E-state index in [2.05, 4.69) is 153 Å². The largest absolute Gasteiger partial charge is 0.311 e. The van der Waals surface area contributed by atoms with Crippen LogP contribution < -0.4 is 26.2 Å². The van der Waals surface area contributed by atoms with E-state index in [0.717, 1.165) is 17.8 Å². The van der Waals surface area contributed by atoms with Crippen molar-refractivity contribution in [1.82, 2.24) is 0 Å². The van der Waals surface area contributed by atoms with Crippen molar-refractivity contribution in [3.05, 3.63) is 149 Å². The van der Waals surface area contributed by atoms with Gasteiger partial charge in [-0.25, -0.2) is 0 Å². The standard InChI is InChI=1S/C50H43BN2/c1-28-9-7-11-35(19-28)52-42-17-15-30(3)21-40(42)51-41-22-31(4)16-18-43(41)53(36-12-8-10-29(2)20-36)48-46-37-13-5-6-14-38(37)50(39(46)26-44(52)47(48)51)34-24-32-23-33-25-45(50)49(32,33)27-34/h5-22,26,32-34,45H,23-25,27H2,1-4H3. The molecule has 4 saturated carbocycles. The molecule has 13 rings (SSSR count). The predicted octanol–water partition coefficient (Wildman–Crippen LogP) is 10.3. The van der Waals surface area contributed by atoms with E-state index in [1.54, 1.807) is 11.1 Å². The lowest BCUT2D eigenvalue weighted by atomic mass is 9.32. The summed E-state index contributed by atoms with van der Waals surface area (Å²) < 4.78 is 0. The van der Waals surface area contributed by atoms with Gasteiger partial charge < -0.3 is 9.80 Å². The maximum atomic E-state index is 2.76. The van der Waals surface area contributed by atoms with Crippen molar-refractivity contribution in [1.29, 1.82) is 0 Å². The summed E-state index contributed by atoms with van der Waals surface area (Å²) in [4.78, 5) is 5.35. The van der Waals surface area contributed by atoms with Crippen LogP contribution in [-0.2, 0) is 5.41 Å². The summed E-state index contributed by atoms with van der Waals surface area (Å²) >= 11 is 0. The van der Waals surface area contributed by atoms with Gasteiger partial charge in [-0.1, -0.05) is 83.9 Å². The van der Waals surface area contributed by atoms with Gasteiger partial charge in [-0.05, 0) is 169 Å². The third-order valence-electron chi connectivity index (χ3n) is 15.8. The van der Waals surface area contributed by atoms with E-state index in [-0.39, 0.29) is 12.1 Å². The van der Waals surface area contributed by atoms with Crippen molar-refractivity contribution in [3.8, 4) is 11.1 Å². The zero-order chi connectivity index (χ0) is 35.1. The number of nitrogens with zero attached hydrogens (tertiary/aromatic N) is 2. The molecule has 6 atom stereocenters. The lowest BCUT2D eigenvalue weighted by Crippen LogP contribution is -2.65. The van der Waals surface area contributed by atoms with Crippen LogP contribution in [-0.4, -0.2) is 6.71 Å². The van der Waals surface area contributed by atoms with Crippen LogP contribution in [0.5, 0.6) is 0 Å². The van der Waals surface area contributed by atoms with Crippen LogP contribution in [0.1, 0.15) is 59.1 Å². The molecule has 2 nitrogen and oxygen atoms in total. The third kappa shape index (κ3) is 3.25. The molecular weight excluding hydrogens is 639 g/mol. The number of hydrogen-bond acceptors (Lipinski definition) is 2. The molecule has 6 aromatic rings. The van der Waals surface area contributed by atoms with Crippen LogP contribution in [0, 0.1) is 56.8 Å². The summed E-state index contributed by atoms with van der Waals surface area (Å²) in [6, 6.07) is 45.5. The van der Waals surface area contributed by atoms with Gasteiger partial charge in [0.25, 0.3) is 6.71 Å². The summed E-state index contributed by atoms with van der Waals surface area (Å²) in [5.74, 6) is 3.37. The van der Waals surface area contributed by atoms with Crippen LogP contribution in [0.25, 0.3) is 11.1 Å². The molecular formula is C50H43BN2. The van der Waals surface area contributed by atoms with Gasteiger partial charge >= 0.3 is 0 Å². The number of hydrogen-bond donors (Lipinski definition) is 0. The first-order valence-electron chi connectivity index (χ1n) is 20.1. The molecule has 5 aliphatic carbocycles. The first kappa shape index (κ1) is 29.4. The Labute approximate surface area is 313 Å². The van der Waals surface area contributed by atoms with Gasteiger partial charge in [-0.3, -0.25) is 0 Å². The average Bonchev–Trinajstić information content (AvgIpc) is 3.75. The molecule has 0 radical (unpaired) electrons. The van der Waals surface area contributed by atoms with Gasteiger partial charge in [-0.2, -0.15) is 0 Å². The predicted molar refractivity (Wildman–Crippen MR) is 220 cm³/mol. The first-order chi connectivity index (χ1) is 25.9. The zero-order valence-electron chi connectivity index (χ0n) is 31.1. The molecule has 2 aliphatic heterocycles. The van der Waals surface area contributed by atoms with Gasteiger partial charge in [0.1, 0.15) is 0 Å². The Morgan fingerprint density at radius 1 is 0.547 bits per heavy atom. The summed E-state index contributed by atoms with van der Waals surface area (Å²) in [5, 5.41) is 0. The van der Waals surface area contributed by atoms with Crippen molar-refractivity contribution < 1.29 is 0 Å². The van der Waals surface area contributed by atoms with E-state index in [1.165, 1.54) is 110 Å². The Morgan fingerprint density at radius 3 is 1.85 bits per heavy atom.